The fraction of sp³-hybridized carbons (Fsp3) is 0.792. The third-order valence-corrected chi connectivity index (χ3v) is 9.98. The van der Waals surface area contributed by atoms with Crippen molar-refractivity contribution in [3.05, 3.63) is 34.4 Å². The summed E-state index contributed by atoms with van der Waals surface area (Å²) in [5.41, 5.74) is -0.897. The molecular weight excluding hydrogens is 368 g/mol. The molecule has 1 unspecified atom stereocenters. The van der Waals surface area contributed by atoms with E-state index in [-0.39, 0.29) is 29.0 Å². The van der Waals surface area contributed by atoms with Gasteiger partial charge >= 0.3 is 5.63 Å². The maximum Gasteiger partial charge on any atom is 0.335 e. The van der Waals surface area contributed by atoms with Crippen molar-refractivity contribution in [3.63, 3.8) is 0 Å². The average molecular weight is 403 g/mol. The fourth-order valence-electron chi connectivity index (χ4n) is 8.33. The summed E-state index contributed by atoms with van der Waals surface area (Å²) in [5.74, 6) is 0.951. The Morgan fingerprint density at radius 3 is 2.52 bits per heavy atom. The molecule has 1 aromatic heterocycles. The second-order valence-electron chi connectivity index (χ2n) is 10.9. The van der Waals surface area contributed by atoms with E-state index in [0.717, 1.165) is 50.5 Å². The van der Waals surface area contributed by atoms with Gasteiger partial charge in [-0.1, -0.05) is 13.8 Å². The number of aliphatic hydroxyl groups excluding tert-OH is 2. The predicted octanol–water partition coefficient (Wildman–Crippen LogP) is 3.21. The van der Waals surface area contributed by atoms with E-state index in [1.54, 1.807) is 6.07 Å². The first-order valence-corrected chi connectivity index (χ1v) is 11.4. The van der Waals surface area contributed by atoms with Crippen molar-refractivity contribution >= 4 is 0 Å². The molecule has 0 bridgehead atoms. The molecule has 4 aliphatic rings. The van der Waals surface area contributed by atoms with Crippen LogP contribution in [-0.2, 0) is 0 Å². The molecular formula is C24H34O5. The SMILES string of the molecule is C[C@]12CC[C@H](O)C[C@H]1CCC1[C@@H]2CC[C@]2(C)[C@@H](c3ccc(=O)oc3)C[C@@H](O)[C@]12O. The molecule has 4 aliphatic carbocycles. The maximum atomic E-state index is 12.2. The van der Waals surface area contributed by atoms with Crippen LogP contribution in [0.1, 0.15) is 76.7 Å². The Morgan fingerprint density at radius 1 is 1.00 bits per heavy atom. The van der Waals surface area contributed by atoms with Gasteiger partial charge in [-0.3, -0.25) is 0 Å². The molecule has 0 radical (unpaired) electrons. The molecule has 0 aromatic carbocycles. The molecule has 4 saturated carbocycles. The Hall–Kier alpha value is -1.17. The highest BCUT2D eigenvalue weighted by Crippen LogP contribution is 2.70. The van der Waals surface area contributed by atoms with Crippen LogP contribution in [0.3, 0.4) is 0 Å². The van der Waals surface area contributed by atoms with Crippen LogP contribution >= 0.6 is 0 Å². The molecule has 9 atom stereocenters. The predicted molar refractivity (Wildman–Crippen MR) is 108 cm³/mol. The highest BCUT2D eigenvalue weighted by molar-refractivity contribution is 5.29. The quantitative estimate of drug-likeness (QED) is 0.671. The molecule has 0 saturated heterocycles. The molecule has 160 valence electrons. The second-order valence-corrected chi connectivity index (χ2v) is 10.9. The smallest absolute Gasteiger partial charge is 0.335 e. The molecule has 5 rings (SSSR count). The largest absolute Gasteiger partial charge is 0.431 e. The van der Waals surface area contributed by atoms with Crippen LogP contribution in [0.15, 0.2) is 27.6 Å². The van der Waals surface area contributed by atoms with Crippen molar-refractivity contribution < 1.29 is 19.7 Å². The van der Waals surface area contributed by atoms with Crippen LogP contribution in [0.2, 0.25) is 0 Å². The summed E-state index contributed by atoms with van der Waals surface area (Å²) in [7, 11) is 0. The Morgan fingerprint density at radius 2 is 1.79 bits per heavy atom. The van der Waals surface area contributed by atoms with E-state index in [1.165, 1.54) is 12.3 Å². The van der Waals surface area contributed by atoms with Crippen molar-refractivity contribution in [3.8, 4) is 0 Å². The van der Waals surface area contributed by atoms with Gasteiger partial charge in [0.05, 0.1) is 24.1 Å². The minimum atomic E-state index is -1.12. The van der Waals surface area contributed by atoms with Gasteiger partial charge in [-0.25, -0.2) is 4.79 Å². The Bertz CT molecular complexity index is 829. The molecule has 1 heterocycles. The fourth-order valence-corrected chi connectivity index (χ4v) is 8.33. The standard InChI is InChI=1S/C24H34O5/c1-22-9-7-16(25)11-15(22)4-5-18-17(22)8-10-23(2)19(12-20(26)24(18,23)28)14-3-6-21(27)29-13-14/h3,6,13,15-20,25-26,28H,4-5,7-12H2,1-2H3/t15-,16+,17+,18?,19-,20-,22+,23-,24-/m1/s1. The van der Waals surface area contributed by atoms with Gasteiger partial charge in [0, 0.05) is 11.5 Å². The maximum absolute atomic E-state index is 12.2. The van der Waals surface area contributed by atoms with Crippen LogP contribution in [0.4, 0.5) is 0 Å². The summed E-state index contributed by atoms with van der Waals surface area (Å²) < 4.78 is 5.12. The minimum absolute atomic E-state index is 0.0218. The molecule has 5 heteroatoms. The average Bonchev–Trinajstić information content (AvgIpc) is 2.90. The van der Waals surface area contributed by atoms with E-state index < -0.39 is 17.1 Å². The van der Waals surface area contributed by atoms with E-state index in [4.69, 9.17) is 4.42 Å². The van der Waals surface area contributed by atoms with Gasteiger partial charge in [0.15, 0.2) is 0 Å². The lowest BCUT2D eigenvalue weighted by Gasteiger charge is -2.64. The Kier molecular flexibility index (Phi) is 4.37. The minimum Gasteiger partial charge on any atom is -0.431 e. The van der Waals surface area contributed by atoms with Gasteiger partial charge in [-0.15, -0.1) is 0 Å². The summed E-state index contributed by atoms with van der Waals surface area (Å²) in [6, 6.07) is 3.24. The summed E-state index contributed by atoms with van der Waals surface area (Å²) in [6.45, 7) is 4.51. The number of hydrogen-bond donors (Lipinski definition) is 3. The molecule has 4 fully saturated rings. The van der Waals surface area contributed by atoms with Crippen molar-refractivity contribution in [2.24, 2.45) is 28.6 Å². The second kappa shape index (κ2) is 6.41. The first-order valence-electron chi connectivity index (χ1n) is 11.4. The third kappa shape index (κ3) is 2.53. The zero-order valence-corrected chi connectivity index (χ0v) is 17.5. The van der Waals surface area contributed by atoms with Gasteiger partial charge in [-0.05, 0) is 92.1 Å². The molecule has 1 aromatic rings. The normalized spacial score (nSPS) is 51.8. The zero-order valence-electron chi connectivity index (χ0n) is 17.5. The number of aliphatic hydroxyl groups is 3. The Balaban J connectivity index is 1.52. The van der Waals surface area contributed by atoms with E-state index in [2.05, 4.69) is 13.8 Å². The van der Waals surface area contributed by atoms with Gasteiger partial charge in [-0.2, -0.15) is 0 Å². The summed E-state index contributed by atoms with van der Waals surface area (Å²) in [5, 5.41) is 33.6. The lowest BCUT2D eigenvalue weighted by molar-refractivity contribution is -0.233. The Labute approximate surface area is 172 Å². The number of rotatable bonds is 1. The lowest BCUT2D eigenvalue weighted by Crippen LogP contribution is -2.65. The van der Waals surface area contributed by atoms with E-state index in [1.807, 2.05) is 0 Å². The van der Waals surface area contributed by atoms with Crippen molar-refractivity contribution in [1.82, 2.24) is 0 Å². The highest BCUT2D eigenvalue weighted by Gasteiger charge is 2.70. The molecule has 0 amide bonds. The monoisotopic (exact) mass is 402 g/mol. The van der Waals surface area contributed by atoms with Gasteiger partial charge in [0.2, 0.25) is 0 Å². The van der Waals surface area contributed by atoms with E-state index >= 15 is 0 Å². The molecule has 3 N–H and O–H groups in total. The van der Waals surface area contributed by atoms with E-state index in [0.29, 0.717) is 18.3 Å². The topological polar surface area (TPSA) is 90.9 Å². The van der Waals surface area contributed by atoms with Crippen molar-refractivity contribution in [1.29, 1.82) is 0 Å². The van der Waals surface area contributed by atoms with Crippen LogP contribution in [0, 0.1) is 28.6 Å². The molecule has 0 aliphatic heterocycles. The molecule has 29 heavy (non-hydrogen) atoms. The highest BCUT2D eigenvalue weighted by atomic mass is 16.4. The lowest BCUT2D eigenvalue weighted by atomic mass is 9.43. The van der Waals surface area contributed by atoms with Crippen molar-refractivity contribution in [2.45, 2.75) is 88.9 Å². The summed E-state index contributed by atoms with van der Waals surface area (Å²) in [6.07, 6.45) is 7.64. The van der Waals surface area contributed by atoms with Crippen LogP contribution in [0.25, 0.3) is 0 Å². The summed E-state index contributed by atoms with van der Waals surface area (Å²) >= 11 is 0. The first-order chi connectivity index (χ1) is 13.7. The zero-order chi connectivity index (χ0) is 20.6. The van der Waals surface area contributed by atoms with Crippen molar-refractivity contribution in [2.75, 3.05) is 0 Å². The van der Waals surface area contributed by atoms with Crippen LogP contribution < -0.4 is 5.63 Å². The van der Waals surface area contributed by atoms with E-state index in [9.17, 15) is 20.1 Å². The third-order valence-electron chi connectivity index (χ3n) is 9.98. The van der Waals surface area contributed by atoms with Gasteiger partial charge < -0.3 is 19.7 Å². The van der Waals surface area contributed by atoms with Crippen LogP contribution in [-0.4, -0.2) is 33.1 Å². The number of fused-ring (bicyclic) bond motifs is 5. The molecule has 5 nitrogen and oxygen atoms in total. The van der Waals surface area contributed by atoms with Gasteiger partial charge in [0.25, 0.3) is 0 Å². The summed E-state index contributed by atoms with van der Waals surface area (Å²) in [4.78, 5) is 11.4. The first kappa shape index (κ1) is 19.8. The van der Waals surface area contributed by atoms with Gasteiger partial charge in [0.1, 0.15) is 0 Å². The van der Waals surface area contributed by atoms with Crippen LogP contribution in [0.5, 0.6) is 0 Å². The molecule has 0 spiro atoms. The number of hydrogen-bond acceptors (Lipinski definition) is 5.